The first kappa shape index (κ1) is 15.7. The summed E-state index contributed by atoms with van der Waals surface area (Å²) in [5, 5.41) is 5.76. The van der Waals surface area contributed by atoms with Crippen molar-refractivity contribution in [3.8, 4) is 0 Å². The molecule has 120 valence electrons. The summed E-state index contributed by atoms with van der Waals surface area (Å²) in [6.45, 7) is 0. The maximum atomic E-state index is 13.6. The summed E-state index contributed by atoms with van der Waals surface area (Å²) in [5.41, 5.74) is 1.80. The van der Waals surface area contributed by atoms with Crippen LogP contribution in [0.4, 0.5) is 25.8 Å². The lowest BCUT2D eigenvalue weighted by atomic mass is 10.2. The van der Waals surface area contributed by atoms with Crippen LogP contribution in [-0.2, 0) is 0 Å². The van der Waals surface area contributed by atoms with E-state index in [-0.39, 0.29) is 5.56 Å². The second-order valence-electron chi connectivity index (χ2n) is 5.15. The molecule has 0 unspecified atom stereocenters. The van der Waals surface area contributed by atoms with Crippen LogP contribution < -0.4 is 10.6 Å². The number of halogens is 2. The van der Waals surface area contributed by atoms with Gasteiger partial charge in [-0.3, -0.25) is 4.79 Å². The number of para-hydroxylation sites is 1. The van der Waals surface area contributed by atoms with Gasteiger partial charge in [-0.2, -0.15) is 0 Å². The van der Waals surface area contributed by atoms with Gasteiger partial charge in [0.1, 0.15) is 11.6 Å². The predicted octanol–water partition coefficient (Wildman–Crippen LogP) is 4.96. The van der Waals surface area contributed by atoms with Gasteiger partial charge in [0, 0.05) is 17.1 Å². The minimum absolute atomic E-state index is 0.337. The van der Waals surface area contributed by atoms with Crippen molar-refractivity contribution in [2.45, 2.75) is 0 Å². The van der Waals surface area contributed by atoms with Crippen molar-refractivity contribution < 1.29 is 13.6 Å². The van der Waals surface area contributed by atoms with Gasteiger partial charge < -0.3 is 10.6 Å². The maximum Gasteiger partial charge on any atom is 0.258 e. The van der Waals surface area contributed by atoms with Crippen LogP contribution in [0.25, 0.3) is 0 Å². The Kier molecular flexibility index (Phi) is 4.52. The molecule has 24 heavy (non-hydrogen) atoms. The van der Waals surface area contributed by atoms with E-state index in [1.165, 1.54) is 0 Å². The van der Waals surface area contributed by atoms with Crippen LogP contribution in [0.1, 0.15) is 10.4 Å². The number of rotatable bonds is 4. The molecular weight excluding hydrogens is 310 g/mol. The van der Waals surface area contributed by atoms with Crippen molar-refractivity contribution in [2.75, 3.05) is 10.6 Å². The van der Waals surface area contributed by atoms with Gasteiger partial charge >= 0.3 is 0 Å². The van der Waals surface area contributed by atoms with E-state index >= 15 is 0 Å². The number of nitrogens with one attached hydrogen (secondary N) is 2. The third kappa shape index (κ3) is 3.76. The van der Waals surface area contributed by atoms with Gasteiger partial charge in [-0.15, -0.1) is 0 Å². The van der Waals surface area contributed by atoms with E-state index in [1.54, 1.807) is 18.2 Å². The molecule has 0 fully saturated rings. The summed E-state index contributed by atoms with van der Waals surface area (Å²) in [5.74, 6) is -2.14. The van der Waals surface area contributed by atoms with E-state index in [0.717, 1.165) is 29.6 Å². The van der Waals surface area contributed by atoms with E-state index in [4.69, 9.17) is 0 Å². The molecule has 0 aliphatic carbocycles. The maximum absolute atomic E-state index is 13.6. The molecule has 0 atom stereocenters. The molecule has 3 rings (SSSR count). The average molecular weight is 324 g/mol. The molecule has 0 heterocycles. The molecule has 3 nitrogen and oxygen atoms in total. The standard InChI is InChI=1S/C19H14F2N2O/c20-13-9-10-18(21)17(11-13)19(24)23-16-8-4-7-15(12-16)22-14-5-2-1-3-6-14/h1-12,22H,(H,23,24). The molecule has 0 radical (unpaired) electrons. The Hall–Kier alpha value is -3.21. The molecule has 0 saturated heterocycles. The first-order valence-corrected chi connectivity index (χ1v) is 7.30. The van der Waals surface area contributed by atoms with Crippen molar-refractivity contribution in [3.05, 3.63) is 90.0 Å². The molecular formula is C19H14F2N2O. The first-order valence-electron chi connectivity index (χ1n) is 7.30. The SMILES string of the molecule is O=C(Nc1cccc(Nc2ccccc2)c1)c1cc(F)ccc1F. The van der Waals surface area contributed by atoms with E-state index in [0.29, 0.717) is 5.69 Å². The molecule has 3 aromatic carbocycles. The van der Waals surface area contributed by atoms with Crippen molar-refractivity contribution in [3.63, 3.8) is 0 Å². The number of hydrogen-bond acceptors (Lipinski definition) is 2. The number of anilines is 3. The number of hydrogen-bond donors (Lipinski definition) is 2. The van der Waals surface area contributed by atoms with E-state index in [1.807, 2.05) is 36.4 Å². The third-order valence-electron chi connectivity index (χ3n) is 3.36. The molecule has 0 aliphatic rings. The highest BCUT2D eigenvalue weighted by atomic mass is 19.1. The monoisotopic (exact) mass is 324 g/mol. The van der Waals surface area contributed by atoms with E-state index in [2.05, 4.69) is 10.6 Å². The van der Waals surface area contributed by atoms with Gasteiger partial charge in [0.15, 0.2) is 0 Å². The van der Waals surface area contributed by atoms with Crippen LogP contribution in [0.2, 0.25) is 0 Å². The Morgan fingerprint density at radius 3 is 2.25 bits per heavy atom. The van der Waals surface area contributed by atoms with E-state index in [9.17, 15) is 13.6 Å². The first-order chi connectivity index (χ1) is 11.6. The van der Waals surface area contributed by atoms with Gasteiger partial charge in [0.25, 0.3) is 5.91 Å². The molecule has 0 aliphatic heterocycles. The molecule has 2 N–H and O–H groups in total. The highest BCUT2D eigenvalue weighted by Gasteiger charge is 2.13. The number of carbonyl (C=O) groups excluding carboxylic acids is 1. The molecule has 0 aromatic heterocycles. The fourth-order valence-electron chi connectivity index (χ4n) is 2.23. The van der Waals surface area contributed by atoms with Crippen LogP contribution in [0.15, 0.2) is 72.8 Å². The highest BCUT2D eigenvalue weighted by molar-refractivity contribution is 6.04. The third-order valence-corrected chi connectivity index (χ3v) is 3.36. The quantitative estimate of drug-likeness (QED) is 0.712. The van der Waals surface area contributed by atoms with Crippen molar-refractivity contribution in [1.82, 2.24) is 0 Å². The summed E-state index contributed by atoms with van der Waals surface area (Å²) < 4.78 is 26.8. The lowest BCUT2D eigenvalue weighted by Gasteiger charge is -2.10. The summed E-state index contributed by atoms with van der Waals surface area (Å²) >= 11 is 0. The average Bonchev–Trinajstić information content (AvgIpc) is 2.58. The van der Waals surface area contributed by atoms with Gasteiger partial charge in [-0.05, 0) is 48.5 Å². The van der Waals surface area contributed by atoms with Crippen LogP contribution in [0.3, 0.4) is 0 Å². The molecule has 3 aromatic rings. The van der Waals surface area contributed by atoms with Gasteiger partial charge in [-0.25, -0.2) is 8.78 Å². The fraction of sp³-hybridized carbons (Fsp3) is 0. The Labute approximate surface area is 138 Å². The second kappa shape index (κ2) is 6.91. The summed E-state index contributed by atoms with van der Waals surface area (Å²) in [6.07, 6.45) is 0. The van der Waals surface area contributed by atoms with Gasteiger partial charge in [0.2, 0.25) is 0 Å². The minimum Gasteiger partial charge on any atom is -0.355 e. The summed E-state index contributed by atoms with van der Waals surface area (Å²) in [4.78, 5) is 12.1. The number of benzene rings is 3. The minimum atomic E-state index is -0.771. The fourth-order valence-corrected chi connectivity index (χ4v) is 2.23. The summed E-state index contributed by atoms with van der Waals surface area (Å²) in [7, 11) is 0. The Bertz CT molecular complexity index is 866. The van der Waals surface area contributed by atoms with Gasteiger partial charge in [-0.1, -0.05) is 24.3 Å². The molecule has 0 bridgehead atoms. The lowest BCUT2D eigenvalue weighted by molar-refractivity contribution is 0.102. The van der Waals surface area contributed by atoms with Crippen molar-refractivity contribution in [2.24, 2.45) is 0 Å². The largest absolute Gasteiger partial charge is 0.355 e. The zero-order valence-electron chi connectivity index (χ0n) is 12.6. The number of amides is 1. The molecule has 1 amide bonds. The Morgan fingerprint density at radius 1 is 0.750 bits per heavy atom. The van der Waals surface area contributed by atoms with Crippen LogP contribution in [-0.4, -0.2) is 5.91 Å². The Balaban J connectivity index is 1.77. The van der Waals surface area contributed by atoms with Crippen LogP contribution >= 0.6 is 0 Å². The van der Waals surface area contributed by atoms with Gasteiger partial charge in [0.05, 0.1) is 5.56 Å². The van der Waals surface area contributed by atoms with Crippen LogP contribution in [0, 0.1) is 11.6 Å². The lowest BCUT2D eigenvalue weighted by Crippen LogP contribution is -2.14. The van der Waals surface area contributed by atoms with Crippen molar-refractivity contribution in [1.29, 1.82) is 0 Å². The Morgan fingerprint density at radius 2 is 1.46 bits per heavy atom. The topological polar surface area (TPSA) is 41.1 Å². The van der Waals surface area contributed by atoms with Crippen molar-refractivity contribution >= 4 is 23.0 Å². The summed E-state index contributed by atoms with van der Waals surface area (Å²) in [6, 6.07) is 19.3. The zero-order chi connectivity index (χ0) is 16.9. The molecule has 0 spiro atoms. The number of carbonyl (C=O) groups is 1. The van der Waals surface area contributed by atoms with E-state index < -0.39 is 17.5 Å². The van der Waals surface area contributed by atoms with Crippen LogP contribution in [0.5, 0.6) is 0 Å². The second-order valence-corrected chi connectivity index (χ2v) is 5.15. The predicted molar refractivity (Wildman–Crippen MR) is 90.5 cm³/mol. The zero-order valence-corrected chi connectivity index (χ0v) is 12.6. The smallest absolute Gasteiger partial charge is 0.258 e. The normalized spacial score (nSPS) is 10.2. The molecule has 0 saturated carbocycles. The molecule has 5 heteroatoms. The highest BCUT2D eigenvalue weighted by Crippen LogP contribution is 2.21.